The van der Waals surface area contributed by atoms with Crippen LogP contribution in [0.1, 0.15) is 32.1 Å². The fourth-order valence-corrected chi connectivity index (χ4v) is 2.92. The molecule has 0 bridgehead atoms. The van der Waals surface area contributed by atoms with Crippen molar-refractivity contribution in [3.8, 4) is 0 Å². The molecule has 17 heavy (non-hydrogen) atoms. The Balaban J connectivity index is 1.75. The van der Waals surface area contributed by atoms with Crippen molar-refractivity contribution in [1.82, 2.24) is 10.8 Å². The Bertz CT molecular complexity index is 241. The Kier molecular flexibility index (Phi) is 4.27. The Labute approximate surface area is 99.0 Å². The molecule has 1 aliphatic carbocycles. The van der Waals surface area contributed by atoms with Gasteiger partial charge in [0.1, 0.15) is 0 Å². The number of hydroxylamine groups is 1. The molecule has 100 valence electrons. The van der Waals surface area contributed by atoms with Gasteiger partial charge in [0.15, 0.2) is 6.61 Å². The molecule has 2 aliphatic rings. The molecule has 3 unspecified atom stereocenters. The summed E-state index contributed by atoms with van der Waals surface area (Å²) in [5, 5.41) is 3.42. The lowest BCUT2D eigenvalue weighted by Crippen LogP contribution is -2.43. The predicted octanol–water partition coefficient (Wildman–Crippen LogP) is 1.99. The first-order chi connectivity index (χ1) is 8.06. The number of nitrogens with one attached hydrogen (secondary N) is 2. The zero-order chi connectivity index (χ0) is 12.3. The van der Waals surface area contributed by atoms with Crippen LogP contribution in [0.25, 0.3) is 0 Å². The van der Waals surface area contributed by atoms with Crippen LogP contribution in [-0.2, 0) is 4.84 Å². The summed E-state index contributed by atoms with van der Waals surface area (Å²) in [5.41, 5.74) is 2.61. The fourth-order valence-electron chi connectivity index (χ4n) is 2.92. The van der Waals surface area contributed by atoms with Crippen LogP contribution in [0.15, 0.2) is 0 Å². The molecule has 0 spiro atoms. The van der Waals surface area contributed by atoms with E-state index in [4.69, 9.17) is 0 Å². The molecule has 1 aliphatic heterocycles. The molecule has 2 rings (SSSR count). The van der Waals surface area contributed by atoms with E-state index in [1.807, 2.05) is 0 Å². The first kappa shape index (κ1) is 13.1. The molecular weight excluding hydrogens is 233 g/mol. The maximum atomic E-state index is 12.0. The van der Waals surface area contributed by atoms with Gasteiger partial charge in [-0.05, 0) is 38.1 Å². The van der Waals surface area contributed by atoms with Gasteiger partial charge in [0.2, 0.25) is 0 Å². The van der Waals surface area contributed by atoms with E-state index in [9.17, 15) is 13.2 Å². The van der Waals surface area contributed by atoms with E-state index in [0.717, 1.165) is 38.6 Å². The van der Waals surface area contributed by atoms with Crippen molar-refractivity contribution in [2.45, 2.75) is 50.4 Å². The molecule has 0 aromatic heterocycles. The molecule has 0 amide bonds. The minimum absolute atomic E-state index is 0.0629. The molecular formula is C11H19F3N2O. The third kappa shape index (κ3) is 3.82. The van der Waals surface area contributed by atoms with Crippen molar-refractivity contribution in [3.63, 3.8) is 0 Å². The second-order valence-corrected chi connectivity index (χ2v) is 4.93. The Morgan fingerprint density at radius 3 is 2.65 bits per heavy atom. The normalized spacial score (nSPS) is 34.4. The summed E-state index contributed by atoms with van der Waals surface area (Å²) in [6, 6.07) is 0.512. The summed E-state index contributed by atoms with van der Waals surface area (Å²) in [5.74, 6) is 0.408. The van der Waals surface area contributed by atoms with E-state index < -0.39 is 12.8 Å². The smallest absolute Gasteiger partial charge is 0.314 e. The van der Waals surface area contributed by atoms with Crippen molar-refractivity contribution in [2.75, 3.05) is 13.2 Å². The van der Waals surface area contributed by atoms with Gasteiger partial charge in [0.05, 0.1) is 0 Å². The molecule has 3 atom stereocenters. The zero-order valence-electron chi connectivity index (χ0n) is 9.72. The highest BCUT2D eigenvalue weighted by Crippen LogP contribution is 2.32. The second kappa shape index (κ2) is 5.54. The Morgan fingerprint density at radius 2 is 2.00 bits per heavy atom. The maximum absolute atomic E-state index is 12.0. The molecule has 0 radical (unpaired) electrons. The molecule has 6 heteroatoms. The van der Waals surface area contributed by atoms with Crippen molar-refractivity contribution < 1.29 is 18.0 Å². The van der Waals surface area contributed by atoms with Gasteiger partial charge in [-0.25, -0.2) is 0 Å². The van der Waals surface area contributed by atoms with Crippen LogP contribution >= 0.6 is 0 Å². The molecule has 2 N–H and O–H groups in total. The first-order valence-electron chi connectivity index (χ1n) is 6.24. The van der Waals surface area contributed by atoms with Gasteiger partial charge in [-0.1, -0.05) is 6.42 Å². The van der Waals surface area contributed by atoms with Gasteiger partial charge in [-0.2, -0.15) is 18.7 Å². The largest absolute Gasteiger partial charge is 0.413 e. The summed E-state index contributed by atoms with van der Waals surface area (Å²) in [7, 11) is 0. The molecule has 1 saturated heterocycles. The van der Waals surface area contributed by atoms with Crippen LogP contribution in [0.5, 0.6) is 0 Å². The average Bonchev–Trinajstić information content (AvgIpc) is 2.82. The van der Waals surface area contributed by atoms with Gasteiger partial charge >= 0.3 is 6.18 Å². The summed E-state index contributed by atoms with van der Waals surface area (Å²) in [6.07, 6.45) is 1.08. The lowest BCUT2D eigenvalue weighted by Gasteiger charge is -2.26. The van der Waals surface area contributed by atoms with Crippen LogP contribution in [0, 0.1) is 5.92 Å². The van der Waals surface area contributed by atoms with Crippen LogP contribution in [-0.4, -0.2) is 31.4 Å². The lowest BCUT2D eigenvalue weighted by atomic mass is 9.94. The Hall–Kier alpha value is -0.330. The predicted molar refractivity (Wildman–Crippen MR) is 57.3 cm³/mol. The van der Waals surface area contributed by atoms with Crippen LogP contribution in [0.4, 0.5) is 13.2 Å². The van der Waals surface area contributed by atoms with Crippen LogP contribution in [0.2, 0.25) is 0 Å². The summed E-state index contributed by atoms with van der Waals surface area (Å²) in [6.45, 7) is -0.189. The van der Waals surface area contributed by atoms with Crippen LogP contribution in [0.3, 0.4) is 0 Å². The maximum Gasteiger partial charge on any atom is 0.413 e. The highest BCUT2D eigenvalue weighted by Gasteiger charge is 2.36. The van der Waals surface area contributed by atoms with Crippen LogP contribution < -0.4 is 10.8 Å². The van der Waals surface area contributed by atoms with E-state index >= 15 is 0 Å². The van der Waals surface area contributed by atoms with Gasteiger partial charge < -0.3 is 5.32 Å². The average molecular weight is 252 g/mol. The highest BCUT2D eigenvalue weighted by atomic mass is 19.4. The standard InChI is InChI=1S/C11H19F3N2O/c12-11(13,14)7-17-16-10-4-1-3-8(10)9-5-2-6-15-9/h8-10,15-16H,1-7H2. The topological polar surface area (TPSA) is 33.3 Å². The van der Waals surface area contributed by atoms with Crippen molar-refractivity contribution in [3.05, 3.63) is 0 Å². The lowest BCUT2D eigenvalue weighted by molar-refractivity contribution is -0.194. The minimum Gasteiger partial charge on any atom is -0.314 e. The van der Waals surface area contributed by atoms with E-state index in [-0.39, 0.29) is 6.04 Å². The van der Waals surface area contributed by atoms with Gasteiger partial charge in [-0.15, -0.1) is 0 Å². The molecule has 3 nitrogen and oxygen atoms in total. The molecule has 1 saturated carbocycles. The number of hydrogen-bond acceptors (Lipinski definition) is 3. The van der Waals surface area contributed by atoms with Gasteiger partial charge in [-0.3, -0.25) is 4.84 Å². The summed E-state index contributed by atoms with van der Waals surface area (Å²) in [4.78, 5) is 4.57. The van der Waals surface area contributed by atoms with Crippen molar-refractivity contribution >= 4 is 0 Å². The summed E-state index contributed by atoms with van der Waals surface area (Å²) >= 11 is 0. The van der Waals surface area contributed by atoms with E-state index in [2.05, 4.69) is 15.6 Å². The third-order valence-corrected chi connectivity index (χ3v) is 3.66. The van der Waals surface area contributed by atoms with Gasteiger partial charge in [0, 0.05) is 12.1 Å². The molecule has 1 heterocycles. The highest BCUT2D eigenvalue weighted by molar-refractivity contribution is 4.91. The quantitative estimate of drug-likeness (QED) is 0.751. The minimum atomic E-state index is -4.26. The summed E-state index contributed by atoms with van der Waals surface area (Å²) < 4.78 is 35.9. The van der Waals surface area contributed by atoms with E-state index in [1.165, 1.54) is 0 Å². The zero-order valence-corrected chi connectivity index (χ0v) is 9.72. The number of rotatable bonds is 4. The van der Waals surface area contributed by atoms with E-state index in [1.54, 1.807) is 0 Å². The monoisotopic (exact) mass is 252 g/mol. The van der Waals surface area contributed by atoms with E-state index in [0.29, 0.717) is 12.0 Å². The molecule has 0 aromatic carbocycles. The van der Waals surface area contributed by atoms with Gasteiger partial charge in [0.25, 0.3) is 0 Å². The fraction of sp³-hybridized carbons (Fsp3) is 1.00. The first-order valence-corrected chi connectivity index (χ1v) is 6.24. The third-order valence-electron chi connectivity index (χ3n) is 3.66. The number of hydrogen-bond donors (Lipinski definition) is 2. The number of halogens is 3. The number of alkyl halides is 3. The van der Waals surface area contributed by atoms with Crippen molar-refractivity contribution in [2.24, 2.45) is 5.92 Å². The molecule has 0 aromatic rings. The molecule has 2 fully saturated rings. The Morgan fingerprint density at radius 1 is 1.18 bits per heavy atom. The second-order valence-electron chi connectivity index (χ2n) is 4.93. The SMILES string of the molecule is FC(F)(F)CONC1CCCC1C1CCCN1. The van der Waals surface area contributed by atoms with Crippen molar-refractivity contribution in [1.29, 1.82) is 0 Å².